The Morgan fingerprint density at radius 2 is 2.31 bits per heavy atom. The summed E-state index contributed by atoms with van der Waals surface area (Å²) >= 11 is 0. The highest BCUT2D eigenvalue weighted by Crippen LogP contribution is 2.05. The molecule has 0 aromatic heterocycles. The first-order valence-corrected chi connectivity index (χ1v) is 5.22. The van der Waals surface area contributed by atoms with Crippen molar-refractivity contribution in [3.05, 3.63) is 35.6 Å². The van der Waals surface area contributed by atoms with Crippen LogP contribution in [0.1, 0.15) is 12.0 Å². The van der Waals surface area contributed by atoms with Crippen molar-refractivity contribution in [3.63, 3.8) is 0 Å². The van der Waals surface area contributed by atoms with Crippen molar-refractivity contribution < 1.29 is 13.9 Å². The van der Waals surface area contributed by atoms with Crippen molar-refractivity contribution in [3.8, 4) is 0 Å². The van der Waals surface area contributed by atoms with Crippen LogP contribution in [0.5, 0.6) is 0 Å². The third-order valence-corrected chi connectivity index (χ3v) is 2.16. The predicted molar refractivity (Wildman–Crippen MR) is 59.6 cm³/mol. The van der Waals surface area contributed by atoms with E-state index in [0.717, 1.165) is 5.56 Å². The lowest BCUT2D eigenvalue weighted by molar-refractivity contribution is -0.121. The zero-order valence-electron chi connectivity index (χ0n) is 9.33. The van der Waals surface area contributed by atoms with Crippen LogP contribution in [0, 0.1) is 5.82 Å². The molecule has 0 bridgehead atoms. The van der Waals surface area contributed by atoms with E-state index in [2.05, 4.69) is 5.32 Å². The lowest BCUT2D eigenvalue weighted by Crippen LogP contribution is -2.27. The lowest BCUT2D eigenvalue weighted by Gasteiger charge is -2.04. The molecule has 0 aliphatic carbocycles. The van der Waals surface area contributed by atoms with E-state index in [0.29, 0.717) is 26.0 Å². The number of carbonyl (C=O) groups is 1. The number of hydrogen-bond acceptors (Lipinski definition) is 2. The van der Waals surface area contributed by atoms with Crippen LogP contribution in [0.2, 0.25) is 0 Å². The van der Waals surface area contributed by atoms with Crippen LogP contribution in [0.15, 0.2) is 24.3 Å². The fourth-order valence-electron chi connectivity index (χ4n) is 1.33. The molecule has 1 aromatic rings. The highest BCUT2D eigenvalue weighted by molar-refractivity contribution is 5.76. The van der Waals surface area contributed by atoms with Gasteiger partial charge in [0.25, 0.3) is 0 Å². The van der Waals surface area contributed by atoms with Crippen molar-refractivity contribution in [2.75, 3.05) is 20.3 Å². The maximum atomic E-state index is 12.8. The zero-order chi connectivity index (χ0) is 11.8. The van der Waals surface area contributed by atoms with E-state index in [4.69, 9.17) is 4.74 Å². The molecule has 0 fully saturated rings. The first-order valence-electron chi connectivity index (χ1n) is 5.22. The number of amides is 1. The van der Waals surface area contributed by atoms with Gasteiger partial charge in [-0.15, -0.1) is 0 Å². The second-order valence-corrected chi connectivity index (χ2v) is 3.47. The highest BCUT2D eigenvalue weighted by atomic mass is 19.1. The van der Waals surface area contributed by atoms with Crippen LogP contribution in [-0.2, 0) is 16.0 Å². The Bertz CT molecular complexity index is 342. The van der Waals surface area contributed by atoms with Gasteiger partial charge in [-0.3, -0.25) is 4.79 Å². The highest BCUT2D eigenvalue weighted by Gasteiger charge is 2.02. The van der Waals surface area contributed by atoms with Gasteiger partial charge in [-0.25, -0.2) is 4.39 Å². The molecule has 0 aliphatic rings. The average molecular weight is 225 g/mol. The molecule has 0 saturated heterocycles. The minimum Gasteiger partial charge on any atom is -0.383 e. The summed E-state index contributed by atoms with van der Waals surface area (Å²) in [7, 11) is 1.58. The Kier molecular flexibility index (Phi) is 5.50. The summed E-state index contributed by atoms with van der Waals surface area (Å²) in [6.07, 6.45) is 0.920. The smallest absolute Gasteiger partial charge is 0.220 e. The van der Waals surface area contributed by atoms with Gasteiger partial charge in [0, 0.05) is 20.1 Å². The molecule has 0 radical (unpaired) electrons. The molecule has 1 aromatic carbocycles. The van der Waals surface area contributed by atoms with Gasteiger partial charge in [-0.2, -0.15) is 0 Å². The summed E-state index contributed by atoms with van der Waals surface area (Å²) in [5.41, 5.74) is 0.835. The molecule has 1 N–H and O–H groups in total. The van der Waals surface area contributed by atoms with Crippen molar-refractivity contribution in [2.24, 2.45) is 0 Å². The summed E-state index contributed by atoms with van der Waals surface area (Å²) in [4.78, 5) is 11.3. The number of hydrogen-bond donors (Lipinski definition) is 1. The minimum atomic E-state index is -0.266. The molecule has 16 heavy (non-hydrogen) atoms. The molecule has 0 aliphatic heterocycles. The Morgan fingerprint density at radius 3 is 3.00 bits per heavy atom. The van der Waals surface area contributed by atoms with E-state index >= 15 is 0 Å². The second kappa shape index (κ2) is 6.95. The van der Waals surface area contributed by atoms with Crippen LogP contribution in [0.3, 0.4) is 0 Å². The largest absolute Gasteiger partial charge is 0.383 e. The Morgan fingerprint density at radius 1 is 1.50 bits per heavy atom. The SMILES string of the molecule is COCCNC(=O)CCc1cccc(F)c1. The summed E-state index contributed by atoms with van der Waals surface area (Å²) in [5, 5.41) is 2.71. The van der Waals surface area contributed by atoms with Gasteiger partial charge in [-0.05, 0) is 24.1 Å². The molecule has 0 atom stereocenters. The quantitative estimate of drug-likeness (QED) is 0.745. The number of carbonyl (C=O) groups excluding carboxylic acids is 1. The molecule has 0 heterocycles. The van der Waals surface area contributed by atoms with Crippen molar-refractivity contribution in [2.45, 2.75) is 12.8 Å². The fourth-order valence-corrected chi connectivity index (χ4v) is 1.33. The molecule has 0 unspecified atom stereocenters. The standard InChI is InChI=1S/C12H16FNO2/c1-16-8-7-14-12(15)6-5-10-3-2-4-11(13)9-10/h2-4,9H,5-8H2,1H3,(H,14,15). The number of methoxy groups -OCH3 is 1. The number of nitrogens with one attached hydrogen (secondary N) is 1. The maximum absolute atomic E-state index is 12.8. The molecule has 88 valence electrons. The molecular formula is C12H16FNO2. The number of benzene rings is 1. The van der Waals surface area contributed by atoms with Gasteiger partial charge in [0.05, 0.1) is 6.61 Å². The van der Waals surface area contributed by atoms with E-state index in [-0.39, 0.29) is 11.7 Å². The first-order chi connectivity index (χ1) is 7.72. The molecule has 3 nitrogen and oxygen atoms in total. The number of rotatable bonds is 6. The average Bonchev–Trinajstić information content (AvgIpc) is 2.27. The fraction of sp³-hybridized carbons (Fsp3) is 0.417. The van der Waals surface area contributed by atoms with Crippen LogP contribution in [0.25, 0.3) is 0 Å². The van der Waals surface area contributed by atoms with E-state index in [1.54, 1.807) is 13.2 Å². The number of halogens is 1. The molecular weight excluding hydrogens is 209 g/mol. The molecule has 0 saturated carbocycles. The van der Waals surface area contributed by atoms with E-state index in [1.165, 1.54) is 12.1 Å². The summed E-state index contributed by atoms with van der Waals surface area (Å²) in [6, 6.07) is 6.30. The third-order valence-electron chi connectivity index (χ3n) is 2.16. The molecule has 4 heteroatoms. The monoisotopic (exact) mass is 225 g/mol. The Hall–Kier alpha value is -1.42. The van der Waals surface area contributed by atoms with Crippen molar-refractivity contribution in [1.29, 1.82) is 0 Å². The first kappa shape index (κ1) is 12.6. The van der Waals surface area contributed by atoms with Crippen molar-refractivity contribution >= 4 is 5.91 Å². The van der Waals surface area contributed by atoms with E-state index in [1.807, 2.05) is 6.07 Å². The van der Waals surface area contributed by atoms with Crippen LogP contribution in [-0.4, -0.2) is 26.2 Å². The van der Waals surface area contributed by atoms with Gasteiger partial charge in [0.1, 0.15) is 5.82 Å². The van der Waals surface area contributed by atoms with Crippen LogP contribution < -0.4 is 5.32 Å². The Balaban J connectivity index is 2.26. The normalized spacial score (nSPS) is 10.1. The van der Waals surface area contributed by atoms with E-state index < -0.39 is 0 Å². The van der Waals surface area contributed by atoms with Crippen LogP contribution >= 0.6 is 0 Å². The minimum absolute atomic E-state index is 0.0405. The molecule has 1 amide bonds. The Labute approximate surface area is 94.6 Å². The number of ether oxygens (including phenoxy) is 1. The number of aryl methyl sites for hydroxylation is 1. The van der Waals surface area contributed by atoms with Gasteiger partial charge in [0.2, 0.25) is 5.91 Å². The lowest BCUT2D eigenvalue weighted by atomic mass is 10.1. The third kappa shape index (κ3) is 4.89. The summed E-state index contributed by atoms with van der Waals surface area (Å²) in [6.45, 7) is 1.02. The van der Waals surface area contributed by atoms with Gasteiger partial charge >= 0.3 is 0 Å². The topological polar surface area (TPSA) is 38.3 Å². The maximum Gasteiger partial charge on any atom is 0.220 e. The van der Waals surface area contributed by atoms with E-state index in [9.17, 15) is 9.18 Å². The van der Waals surface area contributed by atoms with Gasteiger partial charge in [0.15, 0.2) is 0 Å². The van der Waals surface area contributed by atoms with Crippen LogP contribution in [0.4, 0.5) is 4.39 Å². The van der Waals surface area contributed by atoms with Crippen molar-refractivity contribution in [1.82, 2.24) is 5.32 Å². The van der Waals surface area contributed by atoms with Gasteiger partial charge < -0.3 is 10.1 Å². The van der Waals surface area contributed by atoms with Gasteiger partial charge in [-0.1, -0.05) is 12.1 Å². The summed E-state index contributed by atoms with van der Waals surface area (Å²) < 4.78 is 17.6. The zero-order valence-corrected chi connectivity index (χ0v) is 9.33. The second-order valence-electron chi connectivity index (χ2n) is 3.47. The molecule has 0 spiro atoms. The summed E-state index contributed by atoms with van der Waals surface area (Å²) in [5.74, 6) is -0.307. The predicted octanol–water partition coefficient (Wildman–Crippen LogP) is 1.52. The molecule has 1 rings (SSSR count).